The lowest BCUT2D eigenvalue weighted by atomic mass is 10.0. The van der Waals surface area contributed by atoms with Crippen LogP contribution in [0.1, 0.15) is 13.8 Å². The van der Waals surface area contributed by atoms with Crippen LogP contribution >= 0.6 is 0 Å². The van der Waals surface area contributed by atoms with Crippen molar-refractivity contribution in [2.24, 2.45) is 11.8 Å². The second-order valence-corrected chi connectivity index (χ2v) is 8.62. The Bertz CT molecular complexity index is 356. The fraction of sp³-hybridized carbons (Fsp3) is 1.00. The molecule has 0 spiro atoms. The highest BCUT2D eigenvalue weighted by Gasteiger charge is 2.73. The molecule has 2 atom stereocenters. The Labute approximate surface area is 71.8 Å². The zero-order valence-electron chi connectivity index (χ0n) is 6.76. The molecule has 6 heteroatoms. The molecule has 0 unspecified atom stereocenters. The van der Waals surface area contributed by atoms with Crippen LogP contribution in [0.15, 0.2) is 0 Å². The van der Waals surface area contributed by atoms with Crippen LogP contribution in [0.4, 0.5) is 0 Å². The molecule has 3 heterocycles. The lowest BCUT2D eigenvalue weighted by molar-refractivity contribution is 0.491. The van der Waals surface area contributed by atoms with Crippen LogP contribution in [0.2, 0.25) is 0 Å². The lowest BCUT2D eigenvalue weighted by Crippen LogP contribution is -2.49. The molecule has 3 rings (SSSR count). The molecule has 0 aromatic carbocycles. The van der Waals surface area contributed by atoms with E-state index < -0.39 is 28.8 Å². The summed E-state index contributed by atoms with van der Waals surface area (Å²) in [6.45, 7) is 3.38. The van der Waals surface area contributed by atoms with Gasteiger partial charge in [-0.2, -0.15) is 0 Å². The van der Waals surface area contributed by atoms with E-state index in [0.717, 1.165) is 0 Å². The predicted molar refractivity (Wildman–Crippen MR) is 43.7 cm³/mol. The maximum Gasteiger partial charge on any atom is 0.185 e. The number of hydrogen-bond acceptors (Lipinski definition) is 4. The molecule has 70 valence electrons. The number of sulfone groups is 2. The first kappa shape index (κ1) is 8.50. The van der Waals surface area contributed by atoms with Crippen molar-refractivity contribution in [3.8, 4) is 0 Å². The zero-order valence-corrected chi connectivity index (χ0v) is 8.39. The quantitative estimate of drug-likeness (QED) is 0.553. The van der Waals surface area contributed by atoms with Crippen molar-refractivity contribution in [2.45, 2.75) is 23.0 Å². The van der Waals surface area contributed by atoms with E-state index in [9.17, 15) is 16.8 Å². The van der Waals surface area contributed by atoms with Gasteiger partial charge < -0.3 is 0 Å². The third-order valence-electron chi connectivity index (χ3n) is 2.98. The van der Waals surface area contributed by atoms with Gasteiger partial charge in [-0.25, -0.2) is 16.8 Å². The average molecular weight is 210 g/mol. The molecule has 0 saturated carbocycles. The summed E-state index contributed by atoms with van der Waals surface area (Å²) in [6, 6.07) is 0. The fourth-order valence-electron chi connectivity index (χ4n) is 2.28. The zero-order chi connectivity index (χ0) is 9.31. The molecule has 4 nitrogen and oxygen atoms in total. The maximum atomic E-state index is 11.3. The van der Waals surface area contributed by atoms with Crippen LogP contribution in [0.5, 0.6) is 0 Å². The van der Waals surface area contributed by atoms with Crippen LogP contribution in [-0.4, -0.2) is 26.0 Å². The highest BCUT2D eigenvalue weighted by atomic mass is 32.3. The topological polar surface area (TPSA) is 68.3 Å². The van der Waals surface area contributed by atoms with E-state index in [1.165, 1.54) is 0 Å². The van der Waals surface area contributed by atoms with Crippen LogP contribution in [-0.2, 0) is 19.7 Å². The minimum Gasteiger partial charge on any atom is -0.226 e. The van der Waals surface area contributed by atoms with E-state index in [4.69, 9.17) is 0 Å². The molecule has 0 aromatic rings. The normalized spacial score (nSPS) is 53.2. The molecule has 3 fully saturated rings. The monoisotopic (exact) mass is 210 g/mol. The van der Waals surface area contributed by atoms with Crippen molar-refractivity contribution in [3.63, 3.8) is 0 Å². The predicted octanol–water partition coefficient (Wildman–Crippen LogP) is -0.232. The molecule has 0 radical (unpaired) electrons. The Morgan fingerprint density at radius 2 is 1.00 bits per heavy atom. The van der Waals surface area contributed by atoms with Crippen molar-refractivity contribution in [1.29, 1.82) is 0 Å². The van der Waals surface area contributed by atoms with E-state index in [1.54, 1.807) is 13.8 Å². The first-order valence-electron chi connectivity index (χ1n) is 3.76. The molecular weight excluding hydrogens is 200 g/mol. The van der Waals surface area contributed by atoms with Gasteiger partial charge in [-0.05, 0) is 11.8 Å². The molecule has 2 bridgehead atoms. The van der Waals surface area contributed by atoms with Crippen LogP contribution in [0.25, 0.3) is 0 Å². The first-order valence-corrected chi connectivity index (χ1v) is 6.98. The number of rotatable bonds is 0. The Morgan fingerprint density at radius 3 is 1.08 bits per heavy atom. The van der Waals surface area contributed by atoms with Crippen molar-refractivity contribution in [2.75, 3.05) is 0 Å². The largest absolute Gasteiger partial charge is 0.226 e. The molecule has 0 aliphatic carbocycles. The fourth-order valence-corrected chi connectivity index (χ4v) is 9.79. The SMILES string of the molecule is C[C@H]1C2S(=O)(=O)C([C@@H]1C)S2(=O)=O. The van der Waals surface area contributed by atoms with Crippen LogP contribution < -0.4 is 0 Å². The lowest BCUT2D eigenvalue weighted by Gasteiger charge is -2.25. The summed E-state index contributed by atoms with van der Waals surface area (Å²) in [5, 5.41) is 0. The Balaban J connectivity index is 2.68. The number of fused-ring (bicyclic) bond motifs is 1. The van der Waals surface area contributed by atoms with Gasteiger partial charge >= 0.3 is 0 Å². The van der Waals surface area contributed by atoms with E-state index >= 15 is 0 Å². The van der Waals surface area contributed by atoms with Gasteiger partial charge in [0.2, 0.25) is 0 Å². The number of hydrogen-bond donors (Lipinski definition) is 0. The van der Waals surface area contributed by atoms with Crippen molar-refractivity contribution < 1.29 is 16.8 Å². The third kappa shape index (κ3) is 0.608. The van der Waals surface area contributed by atoms with Gasteiger partial charge in [0, 0.05) is 0 Å². The molecular formula is C6H10O4S2. The molecule has 0 N–H and O–H groups in total. The summed E-state index contributed by atoms with van der Waals surface area (Å²) >= 11 is 0. The Hall–Kier alpha value is -0.100. The Kier molecular flexibility index (Phi) is 1.32. The standard InChI is InChI=1S/C6H10O4S2/c1-3-4(2)6-11(7,8)5(3)12(6,9)10/h3-6H,1-2H3/t3-,4-,5?,6?/m1/s1. The molecule has 3 aliphatic heterocycles. The second kappa shape index (κ2) is 1.87. The second-order valence-electron chi connectivity index (χ2n) is 3.63. The van der Waals surface area contributed by atoms with Gasteiger partial charge in [0.05, 0.1) is 0 Å². The van der Waals surface area contributed by atoms with Gasteiger partial charge in [-0.15, -0.1) is 0 Å². The van der Waals surface area contributed by atoms with E-state index in [1.807, 2.05) is 0 Å². The molecule has 3 aliphatic rings. The maximum absolute atomic E-state index is 11.3. The van der Waals surface area contributed by atoms with Gasteiger partial charge in [0.25, 0.3) is 0 Å². The van der Waals surface area contributed by atoms with Crippen molar-refractivity contribution in [3.05, 3.63) is 0 Å². The summed E-state index contributed by atoms with van der Waals surface area (Å²) in [5.74, 6) is -0.463. The molecule has 0 aromatic heterocycles. The van der Waals surface area contributed by atoms with Crippen LogP contribution in [0, 0.1) is 11.8 Å². The molecule has 0 amide bonds. The van der Waals surface area contributed by atoms with Gasteiger partial charge in [0.1, 0.15) is 0 Å². The highest BCUT2D eigenvalue weighted by Crippen LogP contribution is 2.53. The average Bonchev–Trinajstić information content (AvgIpc) is 2.10. The van der Waals surface area contributed by atoms with Gasteiger partial charge in [0.15, 0.2) is 28.8 Å². The molecule has 12 heavy (non-hydrogen) atoms. The van der Waals surface area contributed by atoms with Gasteiger partial charge in [-0.3, -0.25) is 0 Å². The highest BCUT2D eigenvalue weighted by molar-refractivity contribution is 8.25. The minimum atomic E-state index is -3.32. The smallest absolute Gasteiger partial charge is 0.185 e. The van der Waals surface area contributed by atoms with Crippen LogP contribution in [0.3, 0.4) is 0 Å². The van der Waals surface area contributed by atoms with E-state index in [2.05, 4.69) is 0 Å². The summed E-state index contributed by atoms with van der Waals surface area (Å²) in [6.07, 6.45) is 0. The van der Waals surface area contributed by atoms with Gasteiger partial charge in [-0.1, -0.05) is 13.8 Å². The van der Waals surface area contributed by atoms with E-state index in [0.29, 0.717) is 0 Å². The minimum absolute atomic E-state index is 0.231. The van der Waals surface area contributed by atoms with Crippen molar-refractivity contribution in [1.82, 2.24) is 0 Å². The summed E-state index contributed by atoms with van der Waals surface area (Å²) in [5.41, 5.74) is 0. The summed E-state index contributed by atoms with van der Waals surface area (Å²) in [4.78, 5) is 0. The summed E-state index contributed by atoms with van der Waals surface area (Å²) < 4.78 is 42.9. The van der Waals surface area contributed by atoms with E-state index in [-0.39, 0.29) is 11.8 Å². The first-order chi connectivity index (χ1) is 5.31. The Morgan fingerprint density at radius 1 is 0.750 bits per heavy atom. The molecule has 3 saturated heterocycles. The van der Waals surface area contributed by atoms with Crippen molar-refractivity contribution >= 4 is 19.7 Å². The third-order valence-corrected chi connectivity index (χ3v) is 10.5. The summed E-state index contributed by atoms with van der Waals surface area (Å²) in [7, 11) is -6.64.